The van der Waals surface area contributed by atoms with Crippen LogP contribution in [-0.2, 0) is 16.8 Å². The number of carbonyl (C=O) groups excluding carboxylic acids is 1. The summed E-state index contributed by atoms with van der Waals surface area (Å²) in [7, 11) is 1.69. The van der Waals surface area contributed by atoms with Gasteiger partial charge in [-0.15, -0.1) is 0 Å². The number of nitrogens with zero attached hydrogens (tertiary/aromatic N) is 2. The number of hydrogen-bond acceptors (Lipinski definition) is 3. The lowest BCUT2D eigenvalue weighted by atomic mass is 9.78. The van der Waals surface area contributed by atoms with Gasteiger partial charge in [0.05, 0.1) is 11.7 Å². The van der Waals surface area contributed by atoms with Crippen LogP contribution in [0.1, 0.15) is 39.3 Å². The number of nitrogens with one attached hydrogen (secondary N) is 2. The fourth-order valence-corrected chi connectivity index (χ4v) is 3.02. The zero-order chi connectivity index (χ0) is 14.8. The van der Waals surface area contributed by atoms with Crippen molar-refractivity contribution in [2.45, 2.75) is 45.6 Å². The zero-order valence-electron chi connectivity index (χ0n) is 13.0. The van der Waals surface area contributed by atoms with Gasteiger partial charge in [0.1, 0.15) is 0 Å². The second-order valence-corrected chi connectivity index (χ2v) is 6.68. The lowest BCUT2D eigenvalue weighted by Crippen LogP contribution is -2.41. The van der Waals surface area contributed by atoms with Crippen LogP contribution >= 0.6 is 0 Å². The summed E-state index contributed by atoms with van der Waals surface area (Å²) in [6, 6.07) is 0. The van der Waals surface area contributed by atoms with Crippen LogP contribution < -0.4 is 10.6 Å². The molecule has 0 radical (unpaired) electrons. The Morgan fingerprint density at radius 3 is 2.75 bits per heavy atom. The summed E-state index contributed by atoms with van der Waals surface area (Å²) in [5.74, 6) is 0.0626. The molecule has 5 nitrogen and oxygen atoms in total. The normalized spacial score (nSPS) is 18.8. The van der Waals surface area contributed by atoms with E-state index in [-0.39, 0.29) is 11.3 Å². The molecule has 1 aliphatic rings. The molecule has 0 spiro atoms. The van der Waals surface area contributed by atoms with E-state index in [1.807, 2.05) is 26.4 Å². The van der Waals surface area contributed by atoms with E-state index in [0.717, 1.165) is 25.9 Å². The Morgan fingerprint density at radius 1 is 1.50 bits per heavy atom. The molecule has 0 unspecified atom stereocenters. The van der Waals surface area contributed by atoms with Crippen LogP contribution in [0, 0.1) is 5.41 Å². The van der Waals surface area contributed by atoms with Gasteiger partial charge in [-0.1, -0.05) is 6.92 Å². The van der Waals surface area contributed by atoms with Crippen molar-refractivity contribution in [3.63, 3.8) is 0 Å². The lowest BCUT2D eigenvalue weighted by Gasteiger charge is -2.36. The molecular formula is C15H26N4O. The Balaban J connectivity index is 2.22. The molecular weight excluding hydrogens is 252 g/mol. The molecule has 5 heteroatoms. The van der Waals surface area contributed by atoms with Crippen molar-refractivity contribution in [3.8, 4) is 0 Å². The lowest BCUT2D eigenvalue weighted by molar-refractivity contribution is -0.129. The molecule has 1 aromatic heterocycles. The van der Waals surface area contributed by atoms with Crippen molar-refractivity contribution < 1.29 is 4.79 Å². The molecule has 2 N–H and O–H groups in total. The van der Waals surface area contributed by atoms with Gasteiger partial charge < -0.3 is 15.2 Å². The molecule has 1 fully saturated rings. The van der Waals surface area contributed by atoms with E-state index in [0.29, 0.717) is 6.54 Å². The van der Waals surface area contributed by atoms with Gasteiger partial charge in [0, 0.05) is 30.9 Å². The maximum Gasteiger partial charge on any atom is 0.227 e. The van der Waals surface area contributed by atoms with E-state index in [4.69, 9.17) is 0 Å². The Labute approximate surface area is 121 Å². The fourth-order valence-electron chi connectivity index (χ4n) is 3.02. The predicted octanol–water partition coefficient (Wildman–Crippen LogP) is 1.30. The number of amides is 1. The molecule has 20 heavy (non-hydrogen) atoms. The van der Waals surface area contributed by atoms with Crippen LogP contribution in [0.3, 0.4) is 0 Å². The van der Waals surface area contributed by atoms with Crippen molar-refractivity contribution in [2.24, 2.45) is 5.41 Å². The van der Waals surface area contributed by atoms with E-state index in [1.165, 1.54) is 5.69 Å². The van der Waals surface area contributed by atoms with E-state index < -0.39 is 5.41 Å². The predicted molar refractivity (Wildman–Crippen MR) is 79.5 cm³/mol. The topological polar surface area (TPSA) is 59.0 Å². The monoisotopic (exact) mass is 278 g/mol. The second kappa shape index (κ2) is 5.56. The molecule has 0 aliphatic carbocycles. The van der Waals surface area contributed by atoms with Gasteiger partial charge in [0.15, 0.2) is 0 Å². The molecule has 0 saturated carbocycles. The summed E-state index contributed by atoms with van der Waals surface area (Å²) in [6.45, 7) is 8.99. The van der Waals surface area contributed by atoms with Gasteiger partial charge in [-0.05, 0) is 39.8 Å². The molecule has 2 rings (SSSR count). The number of hydrogen-bond donors (Lipinski definition) is 2. The molecule has 0 aromatic carbocycles. The van der Waals surface area contributed by atoms with E-state index >= 15 is 0 Å². The van der Waals surface area contributed by atoms with E-state index in [9.17, 15) is 4.79 Å². The van der Waals surface area contributed by atoms with Crippen LogP contribution in [0.5, 0.6) is 0 Å². The Kier molecular flexibility index (Phi) is 4.18. The van der Waals surface area contributed by atoms with Crippen molar-refractivity contribution in [1.82, 2.24) is 20.2 Å². The SMILES string of the molecule is CNC(=O)C(C)(C)Cn1cncc1C1(C)CCNCC1. The maximum absolute atomic E-state index is 12.0. The summed E-state index contributed by atoms with van der Waals surface area (Å²) in [5, 5.41) is 6.15. The van der Waals surface area contributed by atoms with Crippen LogP contribution in [-0.4, -0.2) is 35.6 Å². The van der Waals surface area contributed by atoms with Gasteiger partial charge in [-0.3, -0.25) is 4.79 Å². The van der Waals surface area contributed by atoms with Crippen molar-refractivity contribution in [2.75, 3.05) is 20.1 Å². The number of rotatable bonds is 4. The highest BCUT2D eigenvalue weighted by molar-refractivity contribution is 5.81. The quantitative estimate of drug-likeness (QED) is 0.872. The third kappa shape index (κ3) is 2.87. The smallest absolute Gasteiger partial charge is 0.227 e. The highest BCUT2D eigenvalue weighted by Gasteiger charge is 2.34. The highest BCUT2D eigenvalue weighted by atomic mass is 16.2. The minimum atomic E-state index is -0.437. The summed E-state index contributed by atoms with van der Waals surface area (Å²) in [5.41, 5.74) is 0.963. The van der Waals surface area contributed by atoms with Gasteiger partial charge >= 0.3 is 0 Å². The standard InChI is InChI=1S/C15H26N4O/c1-14(2,13(20)16-4)10-19-11-18-9-12(19)15(3)5-7-17-8-6-15/h9,11,17H,5-8,10H2,1-4H3,(H,16,20). The third-order valence-corrected chi connectivity index (χ3v) is 4.45. The number of imidazole rings is 1. The molecule has 0 bridgehead atoms. The number of carbonyl (C=O) groups is 1. The molecule has 1 aromatic rings. The minimum absolute atomic E-state index is 0.0626. The molecule has 0 atom stereocenters. The number of piperidine rings is 1. The molecule has 1 saturated heterocycles. The average molecular weight is 278 g/mol. The maximum atomic E-state index is 12.0. The first kappa shape index (κ1) is 15.0. The highest BCUT2D eigenvalue weighted by Crippen LogP contribution is 2.33. The second-order valence-electron chi connectivity index (χ2n) is 6.68. The van der Waals surface area contributed by atoms with Crippen molar-refractivity contribution in [3.05, 3.63) is 18.2 Å². The largest absolute Gasteiger partial charge is 0.359 e. The van der Waals surface area contributed by atoms with Gasteiger partial charge in [0.2, 0.25) is 5.91 Å². The molecule has 1 amide bonds. The van der Waals surface area contributed by atoms with Crippen LogP contribution in [0.2, 0.25) is 0 Å². The zero-order valence-corrected chi connectivity index (χ0v) is 13.0. The Bertz CT molecular complexity index is 472. The summed E-state index contributed by atoms with van der Waals surface area (Å²) in [6.07, 6.45) is 6.04. The molecule has 112 valence electrons. The summed E-state index contributed by atoms with van der Waals surface area (Å²) in [4.78, 5) is 16.3. The summed E-state index contributed by atoms with van der Waals surface area (Å²) >= 11 is 0. The Hall–Kier alpha value is -1.36. The summed E-state index contributed by atoms with van der Waals surface area (Å²) < 4.78 is 2.15. The van der Waals surface area contributed by atoms with Gasteiger partial charge in [-0.25, -0.2) is 4.98 Å². The van der Waals surface area contributed by atoms with Crippen LogP contribution in [0.25, 0.3) is 0 Å². The van der Waals surface area contributed by atoms with E-state index in [2.05, 4.69) is 27.1 Å². The van der Waals surface area contributed by atoms with Gasteiger partial charge in [-0.2, -0.15) is 0 Å². The first-order valence-corrected chi connectivity index (χ1v) is 7.32. The van der Waals surface area contributed by atoms with Crippen molar-refractivity contribution >= 4 is 5.91 Å². The van der Waals surface area contributed by atoms with Gasteiger partial charge in [0.25, 0.3) is 0 Å². The van der Waals surface area contributed by atoms with E-state index in [1.54, 1.807) is 7.05 Å². The molecule has 2 heterocycles. The Morgan fingerprint density at radius 2 is 2.15 bits per heavy atom. The first-order chi connectivity index (χ1) is 9.39. The van der Waals surface area contributed by atoms with Crippen LogP contribution in [0.15, 0.2) is 12.5 Å². The number of aromatic nitrogens is 2. The third-order valence-electron chi connectivity index (χ3n) is 4.45. The first-order valence-electron chi connectivity index (χ1n) is 7.32. The minimum Gasteiger partial charge on any atom is -0.359 e. The van der Waals surface area contributed by atoms with Crippen molar-refractivity contribution in [1.29, 1.82) is 0 Å². The fraction of sp³-hybridized carbons (Fsp3) is 0.733. The van der Waals surface area contributed by atoms with Crippen LogP contribution in [0.4, 0.5) is 0 Å². The average Bonchev–Trinajstić information content (AvgIpc) is 2.86. The molecule has 1 aliphatic heterocycles.